The summed E-state index contributed by atoms with van der Waals surface area (Å²) in [6.07, 6.45) is 9.92. The van der Waals surface area contributed by atoms with E-state index in [1.807, 2.05) is 0 Å². The lowest BCUT2D eigenvalue weighted by atomic mass is 10.0. The number of ether oxygens (including phenoxy) is 2. The first kappa shape index (κ1) is 19.6. The van der Waals surface area contributed by atoms with Gasteiger partial charge in [0.05, 0.1) is 11.7 Å². The SMILES string of the molecule is CC(C)CCCCCCCC[C@H]1O[C@@H]1C(=O)Oc1ccccc1C=O. The van der Waals surface area contributed by atoms with Gasteiger partial charge in [0, 0.05) is 0 Å². The van der Waals surface area contributed by atoms with Gasteiger partial charge >= 0.3 is 5.97 Å². The molecule has 1 saturated heterocycles. The topological polar surface area (TPSA) is 55.9 Å². The van der Waals surface area contributed by atoms with Crippen molar-refractivity contribution in [1.29, 1.82) is 0 Å². The van der Waals surface area contributed by atoms with Gasteiger partial charge in [-0.3, -0.25) is 4.79 Å². The summed E-state index contributed by atoms with van der Waals surface area (Å²) in [6.45, 7) is 4.54. The second-order valence-electron chi connectivity index (χ2n) is 7.26. The van der Waals surface area contributed by atoms with E-state index in [-0.39, 0.29) is 6.10 Å². The molecule has 0 aromatic heterocycles. The lowest BCUT2D eigenvalue weighted by Gasteiger charge is -2.05. The molecule has 0 saturated carbocycles. The van der Waals surface area contributed by atoms with Crippen molar-refractivity contribution in [3.8, 4) is 5.75 Å². The molecule has 1 aliphatic heterocycles. The molecule has 0 unspecified atom stereocenters. The molecule has 1 heterocycles. The molecule has 0 amide bonds. The van der Waals surface area contributed by atoms with Gasteiger partial charge in [0.25, 0.3) is 0 Å². The summed E-state index contributed by atoms with van der Waals surface area (Å²) >= 11 is 0. The molecular formula is C21H30O4. The number of carbonyl (C=O) groups is 2. The molecule has 1 aromatic rings. The van der Waals surface area contributed by atoms with E-state index in [9.17, 15) is 9.59 Å². The highest BCUT2D eigenvalue weighted by atomic mass is 16.6. The third-order valence-corrected chi connectivity index (χ3v) is 4.59. The molecule has 2 atom stereocenters. The van der Waals surface area contributed by atoms with Crippen LogP contribution in [-0.2, 0) is 9.53 Å². The van der Waals surface area contributed by atoms with Gasteiger partial charge in [-0.25, -0.2) is 4.79 Å². The number of hydrogen-bond acceptors (Lipinski definition) is 4. The first-order chi connectivity index (χ1) is 12.1. The van der Waals surface area contributed by atoms with Crippen LogP contribution < -0.4 is 4.74 Å². The summed E-state index contributed by atoms with van der Waals surface area (Å²) in [7, 11) is 0. The molecule has 0 aliphatic carbocycles. The summed E-state index contributed by atoms with van der Waals surface area (Å²) in [5.74, 6) is 0.716. The second-order valence-corrected chi connectivity index (χ2v) is 7.26. The molecule has 1 aliphatic rings. The number of esters is 1. The Hall–Kier alpha value is -1.68. The minimum Gasteiger partial charge on any atom is -0.424 e. The molecule has 4 heteroatoms. The monoisotopic (exact) mass is 346 g/mol. The molecule has 1 aromatic carbocycles. The van der Waals surface area contributed by atoms with E-state index in [4.69, 9.17) is 9.47 Å². The van der Waals surface area contributed by atoms with Crippen LogP contribution in [0.3, 0.4) is 0 Å². The zero-order chi connectivity index (χ0) is 18.1. The van der Waals surface area contributed by atoms with E-state index in [0.717, 1.165) is 18.8 Å². The van der Waals surface area contributed by atoms with E-state index in [2.05, 4.69) is 13.8 Å². The molecular weight excluding hydrogens is 316 g/mol. The quantitative estimate of drug-likeness (QED) is 0.177. The van der Waals surface area contributed by atoms with Crippen LogP contribution in [-0.4, -0.2) is 24.5 Å². The number of para-hydroxylation sites is 1. The highest BCUT2D eigenvalue weighted by molar-refractivity contribution is 5.85. The number of hydrogen-bond donors (Lipinski definition) is 0. The number of epoxide rings is 1. The van der Waals surface area contributed by atoms with Crippen molar-refractivity contribution in [1.82, 2.24) is 0 Å². The maximum atomic E-state index is 12.1. The molecule has 2 rings (SSSR count). The maximum Gasteiger partial charge on any atom is 0.343 e. The van der Waals surface area contributed by atoms with Gasteiger partial charge in [0.2, 0.25) is 0 Å². The van der Waals surface area contributed by atoms with Crippen LogP contribution in [0.15, 0.2) is 24.3 Å². The fourth-order valence-corrected chi connectivity index (χ4v) is 3.01. The van der Waals surface area contributed by atoms with Crippen molar-refractivity contribution in [3.05, 3.63) is 29.8 Å². The standard InChI is InChI=1S/C21H30O4/c1-16(2)11-7-5-3-4-6-8-14-19-20(24-19)21(23)25-18-13-10-9-12-17(18)15-22/h9-10,12-13,15-16,19-20H,3-8,11,14H2,1-2H3/t19-,20+/m1/s1. The largest absolute Gasteiger partial charge is 0.424 e. The van der Waals surface area contributed by atoms with E-state index >= 15 is 0 Å². The van der Waals surface area contributed by atoms with Crippen LogP contribution in [0.5, 0.6) is 5.75 Å². The highest BCUT2D eigenvalue weighted by Gasteiger charge is 2.45. The van der Waals surface area contributed by atoms with E-state index in [0.29, 0.717) is 17.6 Å². The smallest absolute Gasteiger partial charge is 0.343 e. The summed E-state index contributed by atoms with van der Waals surface area (Å²) in [6, 6.07) is 6.72. The zero-order valence-electron chi connectivity index (χ0n) is 15.4. The van der Waals surface area contributed by atoms with E-state index in [1.165, 1.54) is 38.5 Å². The Balaban J connectivity index is 1.55. The van der Waals surface area contributed by atoms with Gasteiger partial charge in [0.15, 0.2) is 12.4 Å². The molecule has 0 spiro atoms. The molecule has 1 fully saturated rings. The van der Waals surface area contributed by atoms with Crippen molar-refractivity contribution >= 4 is 12.3 Å². The molecule has 0 N–H and O–H groups in total. The summed E-state index contributed by atoms with van der Waals surface area (Å²) in [5.41, 5.74) is 0.380. The number of aldehydes is 1. The van der Waals surface area contributed by atoms with Crippen LogP contribution in [0.1, 0.15) is 75.6 Å². The van der Waals surface area contributed by atoms with Crippen molar-refractivity contribution in [2.45, 2.75) is 77.4 Å². The van der Waals surface area contributed by atoms with Crippen LogP contribution in [0.25, 0.3) is 0 Å². The average molecular weight is 346 g/mol. The van der Waals surface area contributed by atoms with Crippen LogP contribution >= 0.6 is 0 Å². The summed E-state index contributed by atoms with van der Waals surface area (Å²) in [5, 5.41) is 0. The number of carbonyl (C=O) groups excluding carboxylic acids is 2. The van der Waals surface area contributed by atoms with Crippen molar-refractivity contribution in [3.63, 3.8) is 0 Å². The first-order valence-electron chi connectivity index (χ1n) is 9.53. The Morgan fingerprint density at radius 2 is 1.80 bits per heavy atom. The minimum atomic E-state index is -0.467. The number of rotatable bonds is 12. The Kier molecular flexibility index (Phi) is 8.13. The lowest BCUT2D eigenvalue weighted by molar-refractivity contribution is -0.135. The van der Waals surface area contributed by atoms with Crippen LogP contribution in [0.4, 0.5) is 0 Å². The Bertz CT molecular complexity index is 553. The number of unbranched alkanes of at least 4 members (excludes halogenated alkanes) is 5. The zero-order valence-corrected chi connectivity index (χ0v) is 15.4. The Morgan fingerprint density at radius 3 is 2.52 bits per heavy atom. The van der Waals surface area contributed by atoms with E-state index in [1.54, 1.807) is 24.3 Å². The van der Waals surface area contributed by atoms with Crippen molar-refractivity contribution in [2.75, 3.05) is 0 Å². The second kappa shape index (κ2) is 10.3. The highest BCUT2D eigenvalue weighted by Crippen LogP contribution is 2.30. The predicted molar refractivity (Wildman–Crippen MR) is 97.9 cm³/mol. The Labute approximate surface area is 150 Å². The summed E-state index contributed by atoms with van der Waals surface area (Å²) in [4.78, 5) is 23.0. The normalized spacial score (nSPS) is 19.0. The van der Waals surface area contributed by atoms with Gasteiger partial charge in [-0.1, -0.05) is 70.9 Å². The fraction of sp³-hybridized carbons (Fsp3) is 0.619. The minimum absolute atomic E-state index is 0.0168. The molecule has 25 heavy (non-hydrogen) atoms. The lowest BCUT2D eigenvalue weighted by Crippen LogP contribution is -2.18. The van der Waals surface area contributed by atoms with Crippen molar-refractivity contribution < 1.29 is 19.1 Å². The van der Waals surface area contributed by atoms with Gasteiger partial charge in [-0.15, -0.1) is 0 Å². The fourth-order valence-electron chi connectivity index (χ4n) is 3.01. The third kappa shape index (κ3) is 6.99. The number of benzene rings is 1. The predicted octanol–water partition coefficient (Wildman–Crippen LogP) is 4.95. The molecule has 138 valence electrons. The summed E-state index contributed by atoms with van der Waals surface area (Å²) < 4.78 is 10.7. The van der Waals surface area contributed by atoms with Crippen molar-refractivity contribution in [2.24, 2.45) is 5.92 Å². The molecule has 0 radical (unpaired) electrons. The maximum absolute atomic E-state index is 12.1. The van der Waals surface area contributed by atoms with Gasteiger partial charge in [-0.05, 0) is 24.5 Å². The molecule has 0 bridgehead atoms. The van der Waals surface area contributed by atoms with Gasteiger partial charge in [0.1, 0.15) is 5.75 Å². The Morgan fingerprint density at radius 1 is 1.12 bits per heavy atom. The van der Waals surface area contributed by atoms with Gasteiger partial charge in [-0.2, -0.15) is 0 Å². The first-order valence-corrected chi connectivity index (χ1v) is 9.53. The van der Waals surface area contributed by atoms with Gasteiger partial charge < -0.3 is 9.47 Å². The van der Waals surface area contributed by atoms with E-state index < -0.39 is 12.1 Å². The average Bonchev–Trinajstić information content (AvgIpc) is 3.37. The van der Waals surface area contributed by atoms with Crippen LogP contribution in [0, 0.1) is 5.92 Å². The van der Waals surface area contributed by atoms with Crippen LogP contribution in [0.2, 0.25) is 0 Å². The molecule has 4 nitrogen and oxygen atoms in total. The third-order valence-electron chi connectivity index (χ3n) is 4.59.